The molecule has 1 fully saturated rings. The first-order valence-corrected chi connectivity index (χ1v) is 6.98. The summed E-state index contributed by atoms with van der Waals surface area (Å²) in [6, 6.07) is 11.2. The molecule has 0 radical (unpaired) electrons. The van der Waals surface area contributed by atoms with Crippen molar-refractivity contribution in [3.63, 3.8) is 0 Å². The van der Waals surface area contributed by atoms with Crippen LogP contribution < -0.4 is 0 Å². The molecule has 1 aliphatic heterocycles. The molecule has 3 nitrogen and oxygen atoms in total. The second kappa shape index (κ2) is 4.51. The first-order chi connectivity index (χ1) is 9.48. The Morgan fingerprint density at radius 1 is 1.20 bits per heavy atom. The van der Waals surface area contributed by atoms with E-state index < -0.39 is 0 Å². The van der Waals surface area contributed by atoms with Crippen molar-refractivity contribution in [2.75, 3.05) is 13.1 Å². The first kappa shape index (κ1) is 13.0. The number of hydrogen-bond donors (Lipinski definition) is 1. The molecule has 1 amide bonds. The Morgan fingerprint density at radius 3 is 2.65 bits per heavy atom. The minimum atomic E-state index is -0.0705. The lowest BCUT2D eigenvalue weighted by Crippen LogP contribution is -2.30. The average molecular weight is 269 g/mol. The van der Waals surface area contributed by atoms with Gasteiger partial charge in [-0.25, -0.2) is 0 Å². The fraction of sp³-hybridized carbons (Fsp3) is 0.353. The standard InChI is InChI=1S/C17H19NO2/c1-17(2)9-10-18(11-17)16(20)14-8-7-12-5-3-4-6-13(12)15(14)19/h3-8,19H,9-11H2,1-2H3. The van der Waals surface area contributed by atoms with Crippen LogP contribution >= 0.6 is 0 Å². The summed E-state index contributed by atoms with van der Waals surface area (Å²) in [6.07, 6.45) is 1.01. The van der Waals surface area contributed by atoms with E-state index >= 15 is 0 Å². The van der Waals surface area contributed by atoms with Gasteiger partial charge in [0.05, 0.1) is 5.56 Å². The highest BCUT2D eigenvalue weighted by atomic mass is 16.3. The molecule has 1 N–H and O–H groups in total. The summed E-state index contributed by atoms with van der Waals surface area (Å²) in [7, 11) is 0. The van der Waals surface area contributed by atoms with Gasteiger partial charge in [0.25, 0.3) is 5.91 Å². The second-order valence-corrected chi connectivity index (χ2v) is 6.32. The number of benzene rings is 2. The Kier molecular flexibility index (Phi) is 2.93. The van der Waals surface area contributed by atoms with Crippen LogP contribution in [0.25, 0.3) is 10.8 Å². The summed E-state index contributed by atoms with van der Waals surface area (Å²) in [5.41, 5.74) is 0.573. The zero-order valence-corrected chi connectivity index (χ0v) is 11.9. The van der Waals surface area contributed by atoms with Crippen LogP contribution in [0, 0.1) is 5.41 Å². The molecule has 1 aliphatic rings. The fourth-order valence-electron chi connectivity index (χ4n) is 2.88. The minimum Gasteiger partial charge on any atom is -0.506 e. The van der Waals surface area contributed by atoms with E-state index in [-0.39, 0.29) is 17.1 Å². The fourth-order valence-corrected chi connectivity index (χ4v) is 2.88. The summed E-state index contributed by atoms with van der Waals surface area (Å²) >= 11 is 0. The SMILES string of the molecule is CC1(C)CCN(C(=O)c2ccc3ccccc3c2O)C1. The van der Waals surface area contributed by atoms with Crippen molar-refractivity contribution in [3.05, 3.63) is 42.0 Å². The molecule has 3 rings (SSSR count). The van der Waals surface area contributed by atoms with E-state index in [0.717, 1.165) is 30.3 Å². The Labute approximate surface area is 118 Å². The lowest BCUT2D eigenvalue weighted by molar-refractivity contribution is 0.0775. The smallest absolute Gasteiger partial charge is 0.257 e. The van der Waals surface area contributed by atoms with Crippen LogP contribution in [-0.4, -0.2) is 29.0 Å². The van der Waals surface area contributed by atoms with Gasteiger partial charge in [0.1, 0.15) is 5.75 Å². The molecule has 2 aromatic carbocycles. The van der Waals surface area contributed by atoms with Gasteiger partial charge in [-0.05, 0) is 23.3 Å². The monoisotopic (exact) mass is 269 g/mol. The molecule has 20 heavy (non-hydrogen) atoms. The van der Waals surface area contributed by atoms with Crippen LogP contribution in [0.15, 0.2) is 36.4 Å². The summed E-state index contributed by atoms with van der Waals surface area (Å²) in [6.45, 7) is 5.84. The number of likely N-dealkylation sites (tertiary alicyclic amines) is 1. The Balaban J connectivity index is 1.98. The molecule has 0 saturated carbocycles. The maximum Gasteiger partial charge on any atom is 0.257 e. The number of nitrogens with zero attached hydrogens (tertiary/aromatic N) is 1. The van der Waals surface area contributed by atoms with E-state index in [1.54, 1.807) is 6.07 Å². The van der Waals surface area contributed by atoms with Gasteiger partial charge in [-0.3, -0.25) is 4.79 Å². The molecule has 0 aromatic heterocycles. The molecular formula is C17H19NO2. The van der Waals surface area contributed by atoms with E-state index in [1.165, 1.54) is 0 Å². The Morgan fingerprint density at radius 2 is 1.95 bits per heavy atom. The highest BCUT2D eigenvalue weighted by Crippen LogP contribution is 2.33. The minimum absolute atomic E-state index is 0.0705. The van der Waals surface area contributed by atoms with Gasteiger partial charge in [0, 0.05) is 18.5 Å². The Hall–Kier alpha value is -2.03. The van der Waals surface area contributed by atoms with Gasteiger partial charge >= 0.3 is 0 Å². The van der Waals surface area contributed by atoms with Crippen molar-refractivity contribution in [1.82, 2.24) is 4.90 Å². The van der Waals surface area contributed by atoms with E-state index in [2.05, 4.69) is 13.8 Å². The molecule has 3 heteroatoms. The number of carbonyl (C=O) groups excluding carboxylic acids is 1. The molecule has 0 aliphatic carbocycles. The largest absolute Gasteiger partial charge is 0.506 e. The van der Waals surface area contributed by atoms with Crippen LogP contribution in [-0.2, 0) is 0 Å². The Bertz CT molecular complexity index is 676. The highest BCUT2D eigenvalue weighted by molar-refractivity contribution is 6.03. The molecule has 104 valence electrons. The molecule has 0 atom stereocenters. The average Bonchev–Trinajstić information content (AvgIpc) is 2.79. The number of rotatable bonds is 1. The van der Waals surface area contributed by atoms with E-state index in [9.17, 15) is 9.90 Å². The molecular weight excluding hydrogens is 250 g/mol. The summed E-state index contributed by atoms with van der Waals surface area (Å²) in [5.74, 6) is 0.0247. The van der Waals surface area contributed by atoms with Gasteiger partial charge in [0.15, 0.2) is 0 Å². The van der Waals surface area contributed by atoms with Crippen LogP contribution in [0.5, 0.6) is 5.75 Å². The number of aromatic hydroxyl groups is 1. The van der Waals surface area contributed by atoms with Crippen molar-refractivity contribution < 1.29 is 9.90 Å². The van der Waals surface area contributed by atoms with Gasteiger partial charge in [-0.2, -0.15) is 0 Å². The van der Waals surface area contributed by atoms with E-state index in [0.29, 0.717) is 5.56 Å². The number of carbonyl (C=O) groups is 1. The quantitative estimate of drug-likeness (QED) is 0.861. The van der Waals surface area contributed by atoms with Gasteiger partial charge in [0.2, 0.25) is 0 Å². The second-order valence-electron chi connectivity index (χ2n) is 6.32. The lowest BCUT2D eigenvalue weighted by atomic mass is 9.93. The van der Waals surface area contributed by atoms with Gasteiger partial charge in [-0.1, -0.05) is 44.2 Å². The van der Waals surface area contributed by atoms with Crippen LogP contribution in [0.1, 0.15) is 30.6 Å². The third-order valence-corrected chi connectivity index (χ3v) is 4.10. The van der Waals surface area contributed by atoms with Crippen LogP contribution in [0.2, 0.25) is 0 Å². The maximum atomic E-state index is 12.6. The summed E-state index contributed by atoms with van der Waals surface area (Å²) < 4.78 is 0. The number of hydrogen-bond acceptors (Lipinski definition) is 2. The zero-order chi connectivity index (χ0) is 14.3. The summed E-state index contributed by atoms with van der Waals surface area (Å²) in [4.78, 5) is 14.4. The van der Waals surface area contributed by atoms with Gasteiger partial charge in [-0.15, -0.1) is 0 Å². The molecule has 0 unspecified atom stereocenters. The molecule has 1 heterocycles. The highest BCUT2D eigenvalue weighted by Gasteiger charge is 2.33. The third-order valence-electron chi connectivity index (χ3n) is 4.10. The number of fused-ring (bicyclic) bond motifs is 1. The predicted octanol–water partition coefficient (Wildman–Crippen LogP) is 3.42. The lowest BCUT2D eigenvalue weighted by Gasteiger charge is -2.20. The van der Waals surface area contributed by atoms with E-state index in [4.69, 9.17) is 0 Å². The van der Waals surface area contributed by atoms with Crippen LogP contribution in [0.3, 0.4) is 0 Å². The number of phenolic OH excluding ortho intramolecular Hbond substituents is 1. The molecule has 2 aromatic rings. The summed E-state index contributed by atoms with van der Waals surface area (Å²) in [5, 5.41) is 12.0. The third kappa shape index (κ3) is 2.13. The normalized spacial score (nSPS) is 17.6. The maximum absolute atomic E-state index is 12.6. The van der Waals surface area contributed by atoms with Crippen molar-refractivity contribution in [3.8, 4) is 5.75 Å². The molecule has 1 saturated heterocycles. The number of phenols is 1. The van der Waals surface area contributed by atoms with Crippen molar-refractivity contribution in [1.29, 1.82) is 0 Å². The van der Waals surface area contributed by atoms with Crippen molar-refractivity contribution >= 4 is 16.7 Å². The van der Waals surface area contributed by atoms with Gasteiger partial charge < -0.3 is 10.0 Å². The molecule has 0 bridgehead atoms. The topological polar surface area (TPSA) is 40.5 Å². The molecule has 0 spiro atoms. The predicted molar refractivity (Wildman–Crippen MR) is 79.9 cm³/mol. The van der Waals surface area contributed by atoms with E-state index in [1.807, 2.05) is 35.2 Å². The zero-order valence-electron chi connectivity index (χ0n) is 11.9. The van der Waals surface area contributed by atoms with Crippen LogP contribution in [0.4, 0.5) is 0 Å². The van der Waals surface area contributed by atoms with Crippen molar-refractivity contribution in [2.24, 2.45) is 5.41 Å². The first-order valence-electron chi connectivity index (χ1n) is 6.98. The van der Waals surface area contributed by atoms with Crippen molar-refractivity contribution in [2.45, 2.75) is 20.3 Å². The number of amides is 1.